The van der Waals surface area contributed by atoms with Crippen LogP contribution in [0.2, 0.25) is 0 Å². The summed E-state index contributed by atoms with van der Waals surface area (Å²) in [6.07, 6.45) is 7.02. The lowest BCUT2D eigenvalue weighted by atomic mass is 9.92. The number of aryl methyl sites for hydroxylation is 1. The molecule has 9 heteroatoms. The second kappa shape index (κ2) is 6.92. The summed E-state index contributed by atoms with van der Waals surface area (Å²) < 4.78 is 8.25. The molecule has 1 fully saturated rings. The molecule has 0 saturated carbocycles. The van der Waals surface area contributed by atoms with Crippen molar-refractivity contribution >= 4 is 24.2 Å². The molecule has 4 rings (SSSR count). The lowest BCUT2D eigenvalue weighted by Gasteiger charge is -2.28. The number of carbonyl (C=O) groups excluding carboxylic acids is 1. The van der Waals surface area contributed by atoms with Gasteiger partial charge in [0.15, 0.2) is 11.5 Å². The minimum Gasteiger partial charge on any atom is -0.468 e. The zero-order valence-electron chi connectivity index (χ0n) is 15.3. The van der Waals surface area contributed by atoms with Gasteiger partial charge in [-0.25, -0.2) is 9.98 Å². The first-order chi connectivity index (χ1) is 13.1. The van der Waals surface area contributed by atoms with Crippen LogP contribution in [0.5, 0.6) is 0 Å². The molecule has 27 heavy (non-hydrogen) atoms. The van der Waals surface area contributed by atoms with Crippen LogP contribution in [-0.2, 0) is 16.6 Å². The first-order valence-corrected chi connectivity index (χ1v) is 8.76. The fourth-order valence-electron chi connectivity index (χ4n) is 3.50. The number of methoxy groups -OCH3 is 1. The van der Waals surface area contributed by atoms with Crippen LogP contribution in [0.25, 0.3) is 16.8 Å². The minimum atomic E-state index is -0.257. The molecule has 0 bridgehead atoms. The fourth-order valence-corrected chi connectivity index (χ4v) is 3.50. The molecule has 2 atom stereocenters. The molecule has 4 heterocycles. The summed E-state index contributed by atoms with van der Waals surface area (Å²) in [4.78, 5) is 20.7. The van der Waals surface area contributed by atoms with E-state index >= 15 is 0 Å². The van der Waals surface area contributed by atoms with Crippen molar-refractivity contribution in [2.24, 2.45) is 12.0 Å². The van der Waals surface area contributed by atoms with Gasteiger partial charge in [0.05, 0.1) is 25.2 Å². The summed E-state index contributed by atoms with van der Waals surface area (Å²) in [6.45, 7) is 4.32. The van der Waals surface area contributed by atoms with Gasteiger partial charge in [-0.3, -0.25) is 9.48 Å². The molecule has 0 radical (unpaired) electrons. The van der Waals surface area contributed by atoms with Gasteiger partial charge in [-0.05, 0) is 19.6 Å². The van der Waals surface area contributed by atoms with Crippen LogP contribution >= 0.6 is 0 Å². The number of hydrogen-bond acceptors (Lipinski definition) is 7. The number of hydrogen-bond donors (Lipinski definition) is 1. The third kappa shape index (κ3) is 3.10. The van der Waals surface area contributed by atoms with Gasteiger partial charge in [-0.15, -0.1) is 0 Å². The normalized spacial score (nSPS) is 19.9. The van der Waals surface area contributed by atoms with E-state index in [0.29, 0.717) is 18.8 Å². The number of aliphatic imine (C=N–C) groups is 1. The van der Waals surface area contributed by atoms with Crippen LogP contribution in [0.15, 0.2) is 29.6 Å². The van der Waals surface area contributed by atoms with E-state index in [2.05, 4.69) is 27.2 Å². The Morgan fingerprint density at radius 1 is 1.37 bits per heavy atom. The van der Waals surface area contributed by atoms with E-state index < -0.39 is 0 Å². The van der Waals surface area contributed by atoms with E-state index in [-0.39, 0.29) is 17.9 Å². The number of carbonyl (C=O) groups is 1. The molecule has 9 nitrogen and oxygen atoms in total. The molecule has 1 aliphatic heterocycles. The van der Waals surface area contributed by atoms with Crippen molar-refractivity contribution in [3.05, 3.63) is 30.4 Å². The van der Waals surface area contributed by atoms with Crippen molar-refractivity contribution in [2.45, 2.75) is 24.8 Å². The summed E-state index contributed by atoms with van der Waals surface area (Å²) in [6, 6.07) is 1.65. The Balaban J connectivity index is 1.70. The highest BCUT2D eigenvalue weighted by Crippen LogP contribution is 2.31. The molecule has 1 N–H and O–H groups in total. The van der Waals surface area contributed by atoms with Gasteiger partial charge in [0, 0.05) is 42.9 Å². The zero-order chi connectivity index (χ0) is 19.0. The number of fused-ring (bicyclic) bond motifs is 1. The number of esters is 1. The van der Waals surface area contributed by atoms with Gasteiger partial charge in [0.1, 0.15) is 6.04 Å². The van der Waals surface area contributed by atoms with Crippen LogP contribution < -0.4 is 5.32 Å². The summed E-state index contributed by atoms with van der Waals surface area (Å²) in [5, 5.41) is 11.9. The molecule has 140 valence electrons. The monoisotopic (exact) mass is 367 g/mol. The van der Waals surface area contributed by atoms with Gasteiger partial charge >= 0.3 is 5.97 Å². The standard InChI is InChI=1S/C18H21N7O2/c1-19-16-6-15(11-4-5-14(20-7-11)18(26)27-3)23-17-13(9-22-25(16)17)12-8-21-24(2)10-12/h6,8-11,14,20H,1,4-5,7H2,2-3H3. The largest absolute Gasteiger partial charge is 0.468 e. The maximum atomic E-state index is 11.7. The van der Waals surface area contributed by atoms with Crippen molar-refractivity contribution in [1.82, 2.24) is 29.7 Å². The predicted molar refractivity (Wildman–Crippen MR) is 100 cm³/mol. The van der Waals surface area contributed by atoms with Crippen LogP contribution in [0, 0.1) is 0 Å². The number of piperidine rings is 1. The van der Waals surface area contributed by atoms with E-state index in [1.165, 1.54) is 7.11 Å². The molecule has 0 aromatic carbocycles. The molecule has 0 aliphatic carbocycles. The molecule has 2 unspecified atom stereocenters. The van der Waals surface area contributed by atoms with Crippen LogP contribution in [0.3, 0.4) is 0 Å². The topological polar surface area (TPSA) is 98.7 Å². The lowest BCUT2D eigenvalue weighted by Crippen LogP contribution is -2.44. The second-order valence-corrected chi connectivity index (χ2v) is 6.65. The number of rotatable bonds is 4. The van der Waals surface area contributed by atoms with Gasteiger partial charge in [0.2, 0.25) is 0 Å². The van der Waals surface area contributed by atoms with Crippen molar-refractivity contribution in [3.63, 3.8) is 0 Å². The Hall–Kier alpha value is -3.07. The third-order valence-corrected chi connectivity index (χ3v) is 4.97. The Morgan fingerprint density at radius 3 is 2.85 bits per heavy atom. The average Bonchev–Trinajstić information content (AvgIpc) is 3.32. The number of nitrogens with one attached hydrogen (secondary N) is 1. The third-order valence-electron chi connectivity index (χ3n) is 4.97. The highest BCUT2D eigenvalue weighted by atomic mass is 16.5. The SMILES string of the molecule is C=Nc1cc(C2CCC(C(=O)OC)NC2)nc2c(-c3cnn(C)c3)cnn12. The number of nitrogens with zero attached hydrogens (tertiary/aromatic N) is 6. The molecule has 3 aromatic rings. The van der Waals surface area contributed by atoms with Gasteiger partial charge < -0.3 is 10.1 Å². The minimum absolute atomic E-state index is 0.174. The Labute approximate surface area is 156 Å². The average molecular weight is 367 g/mol. The summed E-state index contributed by atoms with van der Waals surface area (Å²) in [5.74, 6) is 0.591. The van der Waals surface area contributed by atoms with E-state index in [1.807, 2.05) is 19.3 Å². The predicted octanol–water partition coefficient (Wildman–Crippen LogP) is 1.47. The van der Waals surface area contributed by atoms with Crippen LogP contribution in [0.4, 0.5) is 5.82 Å². The Kier molecular flexibility index (Phi) is 4.44. The maximum Gasteiger partial charge on any atom is 0.322 e. The van der Waals surface area contributed by atoms with Gasteiger partial charge in [-0.2, -0.15) is 14.7 Å². The van der Waals surface area contributed by atoms with E-state index in [0.717, 1.165) is 28.9 Å². The lowest BCUT2D eigenvalue weighted by molar-refractivity contribution is -0.143. The van der Waals surface area contributed by atoms with Gasteiger partial charge in [-0.1, -0.05) is 0 Å². The van der Waals surface area contributed by atoms with Gasteiger partial charge in [0.25, 0.3) is 0 Å². The molecule has 3 aromatic heterocycles. The highest BCUT2D eigenvalue weighted by molar-refractivity contribution is 5.77. The molecular weight excluding hydrogens is 346 g/mol. The first-order valence-electron chi connectivity index (χ1n) is 8.76. The zero-order valence-corrected chi connectivity index (χ0v) is 15.3. The highest BCUT2D eigenvalue weighted by Gasteiger charge is 2.28. The fraction of sp³-hybridized carbons (Fsp3) is 0.389. The van der Waals surface area contributed by atoms with Crippen molar-refractivity contribution in [2.75, 3.05) is 13.7 Å². The van der Waals surface area contributed by atoms with Crippen molar-refractivity contribution in [3.8, 4) is 11.1 Å². The summed E-state index contributed by atoms with van der Waals surface area (Å²) in [5.41, 5.74) is 3.47. The molecular formula is C18H21N7O2. The smallest absolute Gasteiger partial charge is 0.322 e. The summed E-state index contributed by atoms with van der Waals surface area (Å²) >= 11 is 0. The maximum absolute atomic E-state index is 11.7. The van der Waals surface area contributed by atoms with E-state index in [9.17, 15) is 4.79 Å². The Bertz CT molecular complexity index is 998. The first kappa shape index (κ1) is 17.3. The quantitative estimate of drug-likeness (QED) is 0.554. The van der Waals surface area contributed by atoms with Crippen LogP contribution in [0.1, 0.15) is 24.5 Å². The number of aromatic nitrogens is 5. The second-order valence-electron chi connectivity index (χ2n) is 6.65. The van der Waals surface area contributed by atoms with Crippen LogP contribution in [-0.4, -0.2) is 56.8 Å². The molecule has 1 saturated heterocycles. The molecule has 0 amide bonds. The molecule has 1 aliphatic rings. The Morgan fingerprint density at radius 2 is 2.22 bits per heavy atom. The van der Waals surface area contributed by atoms with Crippen molar-refractivity contribution < 1.29 is 9.53 Å². The van der Waals surface area contributed by atoms with Crippen molar-refractivity contribution in [1.29, 1.82) is 0 Å². The summed E-state index contributed by atoms with van der Waals surface area (Å²) in [7, 11) is 3.28. The van der Waals surface area contributed by atoms with E-state index in [1.54, 1.807) is 21.6 Å². The number of ether oxygens (including phenoxy) is 1. The van der Waals surface area contributed by atoms with E-state index in [4.69, 9.17) is 9.72 Å². The molecule has 0 spiro atoms.